The number of nitrogens with one attached hydrogen (secondary N) is 1. The third-order valence-electron chi connectivity index (χ3n) is 1.44. The van der Waals surface area contributed by atoms with Crippen molar-refractivity contribution in [1.29, 1.82) is 0 Å². The zero-order valence-electron chi connectivity index (χ0n) is 7.55. The van der Waals surface area contributed by atoms with Gasteiger partial charge >= 0.3 is 5.96 Å². The molecule has 0 bridgehead atoms. The number of hydrogen-bond donors (Lipinski definition) is 3. The van der Waals surface area contributed by atoms with Crippen LogP contribution in [0.4, 0.5) is 5.69 Å². The van der Waals surface area contributed by atoms with E-state index in [9.17, 15) is 0 Å². The van der Waals surface area contributed by atoms with Gasteiger partial charge in [0.15, 0.2) is 0 Å². The summed E-state index contributed by atoms with van der Waals surface area (Å²) < 4.78 is 4.98. The van der Waals surface area contributed by atoms with E-state index in [-0.39, 0.29) is 18.4 Å². The smallest absolute Gasteiger partial charge is 0.343 e. The fourth-order valence-corrected chi connectivity index (χ4v) is 1.17. The number of hydrogen-bond acceptors (Lipinski definition) is 1. The SMILES string of the molecule is COc1ccc([NH+]=C(N)N)cc1Cl.[Cl-]. The van der Waals surface area contributed by atoms with Crippen LogP contribution in [0.1, 0.15) is 0 Å². The maximum atomic E-state index is 5.86. The maximum absolute atomic E-state index is 5.86. The molecule has 1 aromatic rings. The largest absolute Gasteiger partial charge is 1.00 e. The quantitative estimate of drug-likeness (QED) is 0.366. The molecule has 0 amide bonds. The van der Waals surface area contributed by atoms with E-state index < -0.39 is 0 Å². The standard InChI is InChI=1S/C8H10ClN3O.ClH/c1-13-7-3-2-5(4-6(7)9)12-8(10)11;/h2-4H,1H3,(H4,10,11,12);1H. The first-order valence-electron chi connectivity index (χ1n) is 3.62. The molecule has 14 heavy (non-hydrogen) atoms. The Hall–Kier alpha value is -1.13. The van der Waals surface area contributed by atoms with Gasteiger partial charge in [0.05, 0.1) is 12.1 Å². The molecule has 0 unspecified atom stereocenters. The van der Waals surface area contributed by atoms with E-state index in [1.807, 2.05) is 0 Å². The minimum Gasteiger partial charge on any atom is -1.00 e. The Morgan fingerprint density at radius 2 is 2.07 bits per heavy atom. The fourth-order valence-electron chi connectivity index (χ4n) is 0.911. The minimum absolute atomic E-state index is 0. The number of guanidine groups is 1. The lowest BCUT2D eigenvalue weighted by molar-refractivity contribution is -0.356. The molecule has 78 valence electrons. The number of halogens is 2. The van der Waals surface area contributed by atoms with Crippen molar-refractivity contribution in [3.8, 4) is 5.75 Å². The van der Waals surface area contributed by atoms with Crippen LogP contribution < -0.4 is 33.6 Å². The molecule has 0 saturated carbocycles. The normalized spacial score (nSPS) is 8.71. The summed E-state index contributed by atoms with van der Waals surface area (Å²) in [6, 6.07) is 5.18. The Labute approximate surface area is 93.3 Å². The predicted molar refractivity (Wildman–Crippen MR) is 52.0 cm³/mol. The lowest BCUT2D eigenvalue weighted by Crippen LogP contribution is -3.00. The molecule has 0 aromatic heterocycles. The van der Waals surface area contributed by atoms with Crippen molar-refractivity contribution >= 4 is 23.2 Å². The number of rotatable bonds is 2. The monoisotopic (exact) mass is 235 g/mol. The number of nitrogens with two attached hydrogens (primary N) is 2. The Kier molecular flexibility index (Phi) is 5.12. The molecule has 0 aliphatic heterocycles. The highest BCUT2D eigenvalue weighted by atomic mass is 35.5. The lowest BCUT2D eigenvalue weighted by Gasteiger charge is -2.01. The highest BCUT2D eigenvalue weighted by Crippen LogP contribution is 2.24. The molecule has 0 aliphatic rings. The van der Waals surface area contributed by atoms with E-state index in [2.05, 4.69) is 4.99 Å². The second-order valence-electron chi connectivity index (χ2n) is 2.43. The zero-order chi connectivity index (χ0) is 9.84. The van der Waals surface area contributed by atoms with Crippen molar-refractivity contribution in [3.63, 3.8) is 0 Å². The zero-order valence-corrected chi connectivity index (χ0v) is 9.06. The van der Waals surface area contributed by atoms with Gasteiger partial charge in [-0.3, -0.25) is 11.5 Å². The summed E-state index contributed by atoms with van der Waals surface area (Å²) in [6.45, 7) is 0. The van der Waals surface area contributed by atoms with Gasteiger partial charge in [-0.1, -0.05) is 11.6 Å². The van der Waals surface area contributed by atoms with Gasteiger partial charge in [0.2, 0.25) is 0 Å². The van der Waals surface area contributed by atoms with Gasteiger partial charge in [-0.25, -0.2) is 4.99 Å². The Morgan fingerprint density at radius 1 is 1.43 bits per heavy atom. The number of methoxy groups -OCH3 is 1. The molecule has 5 N–H and O–H groups in total. The molecule has 0 heterocycles. The predicted octanol–water partition coefficient (Wildman–Crippen LogP) is -3.66. The van der Waals surface area contributed by atoms with Crippen LogP contribution in [0.15, 0.2) is 18.2 Å². The average Bonchev–Trinajstić information content (AvgIpc) is 2.03. The van der Waals surface area contributed by atoms with Gasteiger partial charge < -0.3 is 17.1 Å². The molecule has 0 saturated heterocycles. The Morgan fingerprint density at radius 3 is 2.50 bits per heavy atom. The highest BCUT2D eigenvalue weighted by Gasteiger charge is 2.01. The van der Waals surface area contributed by atoms with Crippen LogP contribution in [-0.2, 0) is 0 Å². The molecule has 1 rings (SSSR count). The molecule has 4 nitrogen and oxygen atoms in total. The van der Waals surface area contributed by atoms with Crippen LogP contribution in [0, 0.1) is 0 Å². The molecule has 0 radical (unpaired) electrons. The summed E-state index contributed by atoms with van der Waals surface area (Å²) in [5.41, 5.74) is 11.2. The van der Waals surface area contributed by atoms with Crippen LogP contribution in [0.5, 0.6) is 5.75 Å². The van der Waals surface area contributed by atoms with Gasteiger partial charge in [-0.15, -0.1) is 0 Å². The van der Waals surface area contributed by atoms with Gasteiger partial charge in [-0.2, -0.15) is 0 Å². The van der Waals surface area contributed by atoms with E-state index in [1.165, 1.54) is 0 Å². The van der Waals surface area contributed by atoms with Gasteiger partial charge in [-0.05, 0) is 18.2 Å². The summed E-state index contributed by atoms with van der Waals surface area (Å²) in [5, 5.41) is 0.508. The van der Waals surface area contributed by atoms with Gasteiger partial charge in [0, 0.05) is 0 Å². The number of ether oxygens (including phenoxy) is 1. The molecule has 0 aliphatic carbocycles. The first-order valence-corrected chi connectivity index (χ1v) is 3.99. The molecule has 1 aromatic carbocycles. The van der Waals surface area contributed by atoms with E-state index in [4.69, 9.17) is 27.8 Å². The van der Waals surface area contributed by atoms with E-state index in [1.54, 1.807) is 25.3 Å². The molecule has 6 heteroatoms. The maximum Gasteiger partial charge on any atom is 0.343 e. The van der Waals surface area contributed by atoms with Crippen LogP contribution in [-0.4, -0.2) is 13.1 Å². The molecule has 0 atom stereocenters. The molecular weight excluding hydrogens is 225 g/mol. The van der Waals surface area contributed by atoms with E-state index >= 15 is 0 Å². The average molecular weight is 236 g/mol. The topological polar surface area (TPSA) is 75.2 Å². The van der Waals surface area contributed by atoms with E-state index in [0.717, 1.165) is 5.69 Å². The lowest BCUT2D eigenvalue weighted by atomic mass is 10.3. The third-order valence-corrected chi connectivity index (χ3v) is 1.74. The van der Waals surface area contributed by atoms with Crippen LogP contribution in [0.3, 0.4) is 0 Å². The first kappa shape index (κ1) is 12.9. The summed E-state index contributed by atoms with van der Waals surface area (Å²) >= 11 is 5.86. The second kappa shape index (κ2) is 5.57. The Bertz CT molecular complexity index is 337. The second-order valence-corrected chi connectivity index (χ2v) is 2.84. The highest BCUT2D eigenvalue weighted by molar-refractivity contribution is 6.32. The van der Waals surface area contributed by atoms with Crippen molar-refractivity contribution in [3.05, 3.63) is 23.2 Å². The van der Waals surface area contributed by atoms with Crippen LogP contribution >= 0.6 is 11.6 Å². The number of benzene rings is 1. The molecule has 0 fully saturated rings. The summed E-state index contributed by atoms with van der Waals surface area (Å²) in [6.07, 6.45) is 0. The van der Waals surface area contributed by atoms with Crippen molar-refractivity contribution in [2.75, 3.05) is 7.11 Å². The van der Waals surface area contributed by atoms with E-state index in [0.29, 0.717) is 10.8 Å². The Balaban J connectivity index is 0.00000169. The third kappa shape index (κ3) is 3.32. The van der Waals surface area contributed by atoms with Gasteiger partial charge in [0.25, 0.3) is 0 Å². The molecular formula is C8H11Cl2N3O. The fraction of sp³-hybridized carbons (Fsp3) is 0.125. The minimum atomic E-state index is 0. The van der Waals surface area contributed by atoms with Crippen molar-refractivity contribution in [2.45, 2.75) is 0 Å². The van der Waals surface area contributed by atoms with Crippen LogP contribution in [0.25, 0.3) is 0 Å². The summed E-state index contributed by atoms with van der Waals surface area (Å²) in [7, 11) is 1.55. The van der Waals surface area contributed by atoms with Gasteiger partial charge in [0.1, 0.15) is 11.4 Å². The van der Waals surface area contributed by atoms with Crippen molar-refractivity contribution < 1.29 is 22.1 Å². The first-order chi connectivity index (χ1) is 6.13. The summed E-state index contributed by atoms with van der Waals surface area (Å²) in [5.74, 6) is 0.740. The summed E-state index contributed by atoms with van der Waals surface area (Å²) in [4.78, 5) is 2.73. The van der Waals surface area contributed by atoms with Crippen LogP contribution in [0.2, 0.25) is 5.02 Å². The van der Waals surface area contributed by atoms with Crippen molar-refractivity contribution in [1.82, 2.24) is 0 Å². The molecule has 0 spiro atoms. The van der Waals surface area contributed by atoms with Crippen molar-refractivity contribution in [2.24, 2.45) is 11.5 Å².